The van der Waals surface area contributed by atoms with Crippen LogP contribution in [0, 0.1) is 5.41 Å². The lowest BCUT2D eigenvalue weighted by Crippen LogP contribution is -2.48. The van der Waals surface area contributed by atoms with Gasteiger partial charge in [0.15, 0.2) is 0 Å². The molecule has 28 heavy (non-hydrogen) atoms. The van der Waals surface area contributed by atoms with Gasteiger partial charge in [0.1, 0.15) is 0 Å². The van der Waals surface area contributed by atoms with Gasteiger partial charge >= 0.3 is 17.9 Å². The van der Waals surface area contributed by atoms with E-state index in [0.29, 0.717) is 6.42 Å². The van der Waals surface area contributed by atoms with E-state index in [0.717, 1.165) is 19.3 Å². The highest BCUT2D eigenvalue weighted by Crippen LogP contribution is 2.27. The molecule has 0 aliphatic heterocycles. The minimum absolute atomic E-state index is 0.0469. The van der Waals surface area contributed by atoms with Gasteiger partial charge in [-0.15, -0.1) is 0 Å². The SMILES string of the molecule is CCCCCCCCCC/C=C/C(C(=O)OCC)(C(=O)OCC)C(=O)OCC. The highest BCUT2D eigenvalue weighted by Gasteiger charge is 2.55. The summed E-state index contributed by atoms with van der Waals surface area (Å²) in [4.78, 5) is 37.5. The van der Waals surface area contributed by atoms with Crippen molar-refractivity contribution in [2.75, 3.05) is 19.8 Å². The number of rotatable bonds is 16. The van der Waals surface area contributed by atoms with Gasteiger partial charge in [0.2, 0.25) is 0 Å². The molecule has 0 aromatic carbocycles. The second kappa shape index (κ2) is 16.1. The van der Waals surface area contributed by atoms with E-state index >= 15 is 0 Å². The van der Waals surface area contributed by atoms with Crippen LogP contribution in [0.2, 0.25) is 0 Å². The largest absolute Gasteiger partial charge is 0.464 e. The molecule has 0 aliphatic carbocycles. The molecule has 0 amide bonds. The van der Waals surface area contributed by atoms with E-state index in [1.54, 1.807) is 26.8 Å². The Balaban J connectivity index is 4.95. The lowest BCUT2D eigenvalue weighted by molar-refractivity contribution is -0.179. The number of unbranched alkanes of at least 4 members (excludes halogenated alkanes) is 8. The van der Waals surface area contributed by atoms with Crippen molar-refractivity contribution in [3.8, 4) is 0 Å². The quantitative estimate of drug-likeness (QED) is 0.123. The van der Waals surface area contributed by atoms with E-state index in [1.807, 2.05) is 0 Å². The third kappa shape index (κ3) is 8.89. The van der Waals surface area contributed by atoms with Crippen LogP contribution in [0.1, 0.15) is 85.5 Å². The Morgan fingerprint density at radius 1 is 0.643 bits per heavy atom. The Hall–Kier alpha value is -1.85. The van der Waals surface area contributed by atoms with Gasteiger partial charge in [-0.25, -0.2) is 14.4 Å². The Kier molecular flexibility index (Phi) is 15.1. The molecule has 6 heteroatoms. The van der Waals surface area contributed by atoms with Crippen molar-refractivity contribution in [2.45, 2.75) is 85.5 Å². The molecule has 0 saturated carbocycles. The summed E-state index contributed by atoms with van der Waals surface area (Å²) in [5.74, 6) is -2.88. The van der Waals surface area contributed by atoms with Gasteiger partial charge in [-0.1, -0.05) is 57.9 Å². The predicted molar refractivity (Wildman–Crippen MR) is 109 cm³/mol. The fourth-order valence-corrected chi connectivity index (χ4v) is 2.85. The van der Waals surface area contributed by atoms with Gasteiger partial charge in [0.25, 0.3) is 5.41 Å². The number of ether oxygens (including phenoxy) is 3. The Bertz CT molecular complexity index is 438. The average molecular weight is 399 g/mol. The van der Waals surface area contributed by atoms with Crippen molar-refractivity contribution in [1.29, 1.82) is 0 Å². The Morgan fingerprint density at radius 2 is 1.04 bits per heavy atom. The average Bonchev–Trinajstić information content (AvgIpc) is 2.66. The third-order valence-electron chi connectivity index (χ3n) is 4.38. The van der Waals surface area contributed by atoms with Crippen LogP contribution < -0.4 is 0 Å². The van der Waals surface area contributed by atoms with Crippen molar-refractivity contribution < 1.29 is 28.6 Å². The molecule has 6 nitrogen and oxygen atoms in total. The number of carbonyl (C=O) groups is 3. The van der Waals surface area contributed by atoms with E-state index in [9.17, 15) is 14.4 Å². The maximum Gasteiger partial charge on any atom is 0.339 e. The van der Waals surface area contributed by atoms with E-state index in [4.69, 9.17) is 14.2 Å². The normalized spacial score (nSPS) is 11.4. The van der Waals surface area contributed by atoms with Crippen LogP contribution in [0.15, 0.2) is 12.2 Å². The lowest BCUT2D eigenvalue weighted by Gasteiger charge is -2.24. The summed E-state index contributed by atoms with van der Waals surface area (Å²) in [6.07, 6.45) is 13.1. The Morgan fingerprint density at radius 3 is 1.43 bits per heavy atom. The molecule has 0 rings (SSSR count). The van der Waals surface area contributed by atoms with E-state index < -0.39 is 23.3 Å². The summed E-state index contributed by atoms with van der Waals surface area (Å²) in [5, 5.41) is 0. The fraction of sp³-hybridized carbons (Fsp3) is 0.773. The Labute approximate surface area is 170 Å². The van der Waals surface area contributed by atoms with Crippen molar-refractivity contribution >= 4 is 17.9 Å². The first-order valence-corrected chi connectivity index (χ1v) is 10.7. The number of allylic oxidation sites excluding steroid dienone is 1. The summed E-state index contributed by atoms with van der Waals surface area (Å²) >= 11 is 0. The van der Waals surface area contributed by atoms with Crippen LogP contribution in [-0.4, -0.2) is 37.7 Å². The minimum Gasteiger partial charge on any atom is -0.464 e. The van der Waals surface area contributed by atoms with Crippen LogP contribution in [0.5, 0.6) is 0 Å². The summed E-state index contributed by atoms with van der Waals surface area (Å²) < 4.78 is 15.0. The summed E-state index contributed by atoms with van der Waals surface area (Å²) in [7, 11) is 0. The predicted octanol–water partition coefficient (Wildman–Crippen LogP) is 4.75. The summed E-state index contributed by atoms with van der Waals surface area (Å²) in [6, 6.07) is 0. The van der Waals surface area contributed by atoms with Crippen molar-refractivity contribution in [1.82, 2.24) is 0 Å². The molecule has 0 N–H and O–H groups in total. The number of hydrogen-bond donors (Lipinski definition) is 0. The first-order valence-electron chi connectivity index (χ1n) is 10.7. The standard InChI is InChI=1S/C22H38O6/c1-5-9-10-11-12-13-14-15-16-17-18-22(19(23)26-6-2,20(24)27-7-3)21(25)28-8-4/h17-18H,5-16H2,1-4H3/b18-17+. The molecule has 0 atom stereocenters. The van der Waals surface area contributed by atoms with Gasteiger partial charge in [-0.05, 0) is 39.7 Å². The zero-order valence-corrected chi connectivity index (χ0v) is 18.1. The molecule has 0 unspecified atom stereocenters. The molecule has 0 fully saturated rings. The third-order valence-corrected chi connectivity index (χ3v) is 4.38. The van der Waals surface area contributed by atoms with Crippen molar-refractivity contribution in [2.24, 2.45) is 5.41 Å². The second-order valence-corrected chi connectivity index (χ2v) is 6.64. The maximum absolute atomic E-state index is 12.5. The van der Waals surface area contributed by atoms with Gasteiger partial charge < -0.3 is 14.2 Å². The second-order valence-electron chi connectivity index (χ2n) is 6.64. The molecule has 0 aliphatic rings. The molecule has 0 bridgehead atoms. The van der Waals surface area contributed by atoms with E-state index in [2.05, 4.69) is 6.92 Å². The molecule has 0 radical (unpaired) electrons. The highest BCUT2D eigenvalue weighted by molar-refractivity contribution is 6.20. The molecule has 0 spiro atoms. The molecule has 0 heterocycles. The molecular weight excluding hydrogens is 360 g/mol. The zero-order chi connectivity index (χ0) is 21.3. The van der Waals surface area contributed by atoms with E-state index in [1.165, 1.54) is 38.2 Å². The molecular formula is C22H38O6. The van der Waals surface area contributed by atoms with Crippen molar-refractivity contribution in [3.05, 3.63) is 12.2 Å². The smallest absolute Gasteiger partial charge is 0.339 e. The van der Waals surface area contributed by atoms with Crippen molar-refractivity contribution in [3.63, 3.8) is 0 Å². The molecule has 0 saturated heterocycles. The number of hydrogen-bond acceptors (Lipinski definition) is 6. The maximum atomic E-state index is 12.5. The number of carbonyl (C=O) groups excluding carboxylic acids is 3. The fourth-order valence-electron chi connectivity index (χ4n) is 2.85. The molecule has 162 valence electrons. The van der Waals surface area contributed by atoms with E-state index in [-0.39, 0.29) is 19.8 Å². The summed E-state index contributed by atoms with van der Waals surface area (Å²) in [6.45, 7) is 7.19. The van der Waals surface area contributed by atoms with Gasteiger partial charge in [-0.2, -0.15) is 0 Å². The first kappa shape index (κ1) is 26.1. The topological polar surface area (TPSA) is 78.9 Å². The van der Waals surface area contributed by atoms with Crippen LogP contribution >= 0.6 is 0 Å². The summed E-state index contributed by atoms with van der Waals surface area (Å²) in [5.41, 5.74) is -2.19. The zero-order valence-electron chi connectivity index (χ0n) is 18.1. The van der Waals surface area contributed by atoms with Crippen LogP contribution in [0.4, 0.5) is 0 Å². The lowest BCUT2D eigenvalue weighted by atomic mass is 9.87. The van der Waals surface area contributed by atoms with Crippen LogP contribution in [0.25, 0.3) is 0 Å². The monoisotopic (exact) mass is 398 g/mol. The highest BCUT2D eigenvalue weighted by atomic mass is 16.6. The number of esters is 3. The molecule has 0 aromatic heterocycles. The van der Waals surface area contributed by atoms with Gasteiger partial charge in [-0.3, -0.25) is 0 Å². The van der Waals surface area contributed by atoms with Gasteiger partial charge in [0.05, 0.1) is 19.8 Å². The van der Waals surface area contributed by atoms with Gasteiger partial charge in [0, 0.05) is 0 Å². The van der Waals surface area contributed by atoms with Crippen LogP contribution in [-0.2, 0) is 28.6 Å². The minimum atomic E-state index is -2.19. The molecule has 0 aromatic rings. The van der Waals surface area contributed by atoms with Crippen LogP contribution in [0.3, 0.4) is 0 Å². The first-order chi connectivity index (χ1) is 13.5.